The zero-order valence-electron chi connectivity index (χ0n) is 18.2. The van der Waals surface area contributed by atoms with Crippen molar-refractivity contribution < 1.29 is 0 Å². The second-order valence-electron chi connectivity index (χ2n) is 8.73. The number of aliphatic imine (C=N–C) groups is 1. The minimum absolute atomic E-state index is 0. The molecule has 2 aliphatic rings. The van der Waals surface area contributed by atoms with E-state index in [0.29, 0.717) is 6.04 Å². The maximum absolute atomic E-state index is 4.47. The first-order valence-electron chi connectivity index (χ1n) is 11.0. The molecule has 2 rings (SSSR count). The van der Waals surface area contributed by atoms with Crippen LogP contribution in [0.5, 0.6) is 0 Å². The van der Waals surface area contributed by atoms with Crippen LogP contribution in [0.2, 0.25) is 0 Å². The number of hydrogen-bond donors (Lipinski definition) is 2. The van der Waals surface area contributed by atoms with Gasteiger partial charge in [0.15, 0.2) is 5.96 Å². The molecule has 160 valence electrons. The van der Waals surface area contributed by atoms with Crippen molar-refractivity contribution in [1.29, 1.82) is 0 Å². The number of guanidine groups is 1. The SMILES string of the molecule is CCCCN1CCC(NC(=NC)NCC2CCCN(CC(C)C)C2)CC1.I. The Bertz CT molecular complexity index is 407. The molecule has 0 aromatic carbocycles. The third-order valence-electron chi connectivity index (χ3n) is 5.76. The van der Waals surface area contributed by atoms with Gasteiger partial charge in [-0.15, -0.1) is 24.0 Å². The Morgan fingerprint density at radius 1 is 1.11 bits per heavy atom. The summed E-state index contributed by atoms with van der Waals surface area (Å²) in [6.07, 6.45) is 7.77. The highest BCUT2D eigenvalue weighted by Crippen LogP contribution is 2.17. The zero-order chi connectivity index (χ0) is 18.8. The number of piperidine rings is 2. The summed E-state index contributed by atoms with van der Waals surface area (Å²) in [4.78, 5) is 9.73. The number of rotatable bonds is 8. The molecule has 0 saturated carbocycles. The minimum atomic E-state index is 0. The predicted molar refractivity (Wildman–Crippen MR) is 128 cm³/mol. The molecular formula is C21H44IN5. The van der Waals surface area contributed by atoms with Crippen molar-refractivity contribution in [3.05, 3.63) is 0 Å². The van der Waals surface area contributed by atoms with Crippen LogP contribution in [0.3, 0.4) is 0 Å². The highest BCUT2D eigenvalue weighted by Gasteiger charge is 2.22. The molecule has 2 aliphatic heterocycles. The first-order valence-corrected chi connectivity index (χ1v) is 11.0. The maximum atomic E-state index is 4.47. The molecule has 0 aromatic rings. The molecule has 1 unspecified atom stereocenters. The molecule has 2 heterocycles. The Morgan fingerprint density at radius 3 is 2.48 bits per heavy atom. The van der Waals surface area contributed by atoms with E-state index in [1.165, 1.54) is 77.8 Å². The van der Waals surface area contributed by atoms with Crippen LogP contribution in [-0.2, 0) is 0 Å². The average molecular weight is 494 g/mol. The lowest BCUT2D eigenvalue weighted by Crippen LogP contribution is -2.50. The van der Waals surface area contributed by atoms with Crippen molar-refractivity contribution in [2.24, 2.45) is 16.8 Å². The molecule has 1 atom stereocenters. The fraction of sp³-hybridized carbons (Fsp3) is 0.952. The van der Waals surface area contributed by atoms with Crippen LogP contribution in [0.15, 0.2) is 4.99 Å². The van der Waals surface area contributed by atoms with Crippen LogP contribution in [0.1, 0.15) is 59.3 Å². The Balaban J connectivity index is 0.00000364. The van der Waals surface area contributed by atoms with Gasteiger partial charge >= 0.3 is 0 Å². The van der Waals surface area contributed by atoms with E-state index in [9.17, 15) is 0 Å². The Hall–Kier alpha value is -0.0800. The highest BCUT2D eigenvalue weighted by atomic mass is 127. The number of likely N-dealkylation sites (tertiary alicyclic amines) is 2. The minimum Gasteiger partial charge on any atom is -0.356 e. The van der Waals surface area contributed by atoms with Gasteiger partial charge in [0.25, 0.3) is 0 Å². The van der Waals surface area contributed by atoms with Crippen molar-refractivity contribution in [2.45, 2.75) is 65.3 Å². The van der Waals surface area contributed by atoms with Gasteiger partial charge in [-0.3, -0.25) is 4.99 Å². The molecule has 27 heavy (non-hydrogen) atoms. The van der Waals surface area contributed by atoms with Crippen LogP contribution in [0.25, 0.3) is 0 Å². The summed E-state index contributed by atoms with van der Waals surface area (Å²) in [6, 6.07) is 0.572. The first kappa shape index (κ1) is 25.0. The van der Waals surface area contributed by atoms with Crippen LogP contribution >= 0.6 is 24.0 Å². The molecule has 2 saturated heterocycles. The maximum Gasteiger partial charge on any atom is 0.191 e. The number of nitrogens with one attached hydrogen (secondary N) is 2. The molecule has 5 nitrogen and oxygen atoms in total. The lowest BCUT2D eigenvalue weighted by Gasteiger charge is -2.35. The summed E-state index contributed by atoms with van der Waals surface area (Å²) in [5.74, 6) is 2.51. The second-order valence-corrected chi connectivity index (χ2v) is 8.73. The molecule has 0 bridgehead atoms. The standard InChI is InChI=1S/C21H43N5.HI/c1-5-6-11-25-13-9-20(10-14-25)24-21(22-4)23-15-19-8-7-12-26(17-19)16-18(2)3;/h18-20H,5-17H2,1-4H3,(H2,22,23,24);1H. The average Bonchev–Trinajstić information content (AvgIpc) is 2.64. The monoisotopic (exact) mass is 493 g/mol. The van der Waals surface area contributed by atoms with Crippen molar-refractivity contribution in [3.63, 3.8) is 0 Å². The van der Waals surface area contributed by atoms with Crippen LogP contribution < -0.4 is 10.6 Å². The fourth-order valence-corrected chi connectivity index (χ4v) is 4.31. The summed E-state index contributed by atoms with van der Waals surface area (Å²) in [5.41, 5.74) is 0. The van der Waals surface area contributed by atoms with Gasteiger partial charge in [-0.05, 0) is 57.0 Å². The first-order chi connectivity index (χ1) is 12.6. The van der Waals surface area contributed by atoms with E-state index in [1.54, 1.807) is 0 Å². The molecular weight excluding hydrogens is 449 g/mol. The Labute approximate surface area is 185 Å². The summed E-state index contributed by atoms with van der Waals surface area (Å²) < 4.78 is 0. The summed E-state index contributed by atoms with van der Waals surface area (Å²) in [5, 5.41) is 7.27. The largest absolute Gasteiger partial charge is 0.356 e. The van der Waals surface area contributed by atoms with Gasteiger partial charge in [0.05, 0.1) is 0 Å². The molecule has 6 heteroatoms. The topological polar surface area (TPSA) is 42.9 Å². The smallest absolute Gasteiger partial charge is 0.191 e. The highest BCUT2D eigenvalue weighted by molar-refractivity contribution is 14.0. The van der Waals surface area contributed by atoms with E-state index in [1.807, 2.05) is 7.05 Å². The van der Waals surface area contributed by atoms with Crippen molar-refractivity contribution in [1.82, 2.24) is 20.4 Å². The van der Waals surface area contributed by atoms with Gasteiger partial charge in [-0.25, -0.2) is 0 Å². The van der Waals surface area contributed by atoms with Crippen LogP contribution in [0, 0.1) is 11.8 Å². The molecule has 0 aromatic heterocycles. The number of unbranched alkanes of at least 4 members (excludes halogenated alkanes) is 1. The van der Waals surface area contributed by atoms with Gasteiger partial charge in [-0.1, -0.05) is 27.2 Å². The number of nitrogens with zero attached hydrogens (tertiary/aromatic N) is 3. The zero-order valence-corrected chi connectivity index (χ0v) is 20.5. The van der Waals surface area contributed by atoms with E-state index >= 15 is 0 Å². The summed E-state index contributed by atoms with van der Waals surface area (Å²) in [7, 11) is 1.90. The van der Waals surface area contributed by atoms with Crippen molar-refractivity contribution in [2.75, 3.05) is 52.9 Å². The van der Waals surface area contributed by atoms with E-state index < -0.39 is 0 Å². The van der Waals surface area contributed by atoms with Gasteiger partial charge in [-0.2, -0.15) is 0 Å². The summed E-state index contributed by atoms with van der Waals surface area (Å²) in [6.45, 7) is 15.4. The lowest BCUT2D eigenvalue weighted by atomic mass is 9.97. The van der Waals surface area contributed by atoms with Gasteiger partial charge in [0.2, 0.25) is 0 Å². The van der Waals surface area contributed by atoms with Crippen LogP contribution in [-0.4, -0.2) is 74.7 Å². The second kappa shape index (κ2) is 14.0. The molecule has 0 aliphatic carbocycles. The predicted octanol–water partition coefficient (Wildman–Crippen LogP) is 3.40. The quantitative estimate of drug-likeness (QED) is 0.309. The fourth-order valence-electron chi connectivity index (χ4n) is 4.31. The van der Waals surface area contributed by atoms with Gasteiger partial charge in [0.1, 0.15) is 0 Å². The lowest BCUT2D eigenvalue weighted by molar-refractivity contribution is 0.159. The third kappa shape index (κ3) is 9.79. The molecule has 0 spiro atoms. The van der Waals surface area contributed by atoms with E-state index in [0.717, 1.165) is 24.3 Å². The number of halogens is 1. The normalized spacial score (nSPS) is 23.3. The number of hydrogen-bond acceptors (Lipinski definition) is 3. The Kier molecular flexibility index (Phi) is 12.9. The van der Waals surface area contributed by atoms with Gasteiger partial charge in [0, 0.05) is 45.8 Å². The third-order valence-corrected chi connectivity index (χ3v) is 5.76. The van der Waals surface area contributed by atoms with E-state index in [2.05, 4.69) is 46.2 Å². The van der Waals surface area contributed by atoms with Crippen LogP contribution in [0.4, 0.5) is 0 Å². The van der Waals surface area contributed by atoms with Crippen molar-refractivity contribution >= 4 is 29.9 Å². The molecule has 0 radical (unpaired) electrons. The Morgan fingerprint density at radius 2 is 1.85 bits per heavy atom. The molecule has 0 amide bonds. The van der Waals surface area contributed by atoms with Crippen molar-refractivity contribution in [3.8, 4) is 0 Å². The van der Waals surface area contributed by atoms with Gasteiger partial charge < -0.3 is 20.4 Å². The van der Waals surface area contributed by atoms with E-state index in [-0.39, 0.29) is 24.0 Å². The van der Waals surface area contributed by atoms with E-state index in [4.69, 9.17) is 0 Å². The molecule has 2 N–H and O–H groups in total. The molecule has 2 fully saturated rings. The summed E-state index contributed by atoms with van der Waals surface area (Å²) >= 11 is 0.